The maximum absolute atomic E-state index is 12.4. The van der Waals surface area contributed by atoms with E-state index in [1.54, 1.807) is 0 Å². The normalized spacial score (nSPS) is 13.7. The summed E-state index contributed by atoms with van der Waals surface area (Å²) in [6.07, 6.45) is 2.21. The molecule has 0 amide bonds. The molecule has 110 valence electrons. The van der Waals surface area contributed by atoms with Crippen molar-refractivity contribution in [2.45, 2.75) is 19.8 Å². The third-order valence-electron chi connectivity index (χ3n) is 4.39. The van der Waals surface area contributed by atoms with Gasteiger partial charge in [0.05, 0.1) is 5.56 Å². The highest BCUT2D eigenvalue weighted by Gasteiger charge is 2.16. The van der Waals surface area contributed by atoms with Crippen molar-refractivity contribution >= 4 is 16.7 Å². The zero-order valence-electron chi connectivity index (χ0n) is 12.5. The van der Waals surface area contributed by atoms with Crippen molar-refractivity contribution in [2.75, 3.05) is 11.9 Å². The van der Waals surface area contributed by atoms with E-state index < -0.39 is 0 Å². The zero-order chi connectivity index (χ0) is 15.1. The van der Waals surface area contributed by atoms with E-state index in [4.69, 9.17) is 4.42 Å². The lowest BCUT2D eigenvalue weighted by Gasteiger charge is -2.19. The first-order valence-corrected chi connectivity index (χ1v) is 7.63. The van der Waals surface area contributed by atoms with Crippen molar-refractivity contribution in [1.82, 2.24) is 0 Å². The largest absolute Gasteiger partial charge is 0.422 e. The predicted octanol–water partition coefficient (Wildman–Crippen LogP) is 4.13. The van der Waals surface area contributed by atoms with Gasteiger partial charge in [-0.05, 0) is 42.5 Å². The number of aryl methyl sites for hydroxylation is 2. The van der Waals surface area contributed by atoms with Gasteiger partial charge in [-0.25, -0.2) is 4.79 Å². The molecule has 1 N–H and O–H groups in total. The second kappa shape index (κ2) is 5.02. The first-order chi connectivity index (χ1) is 10.7. The van der Waals surface area contributed by atoms with Crippen LogP contribution in [0.3, 0.4) is 0 Å². The highest BCUT2D eigenvalue weighted by molar-refractivity contribution is 5.90. The van der Waals surface area contributed by atoms with Crippen molar-refractivity contribution in [3.05, 3.63) is 64.0 Å². The first kappa shape index (κ1) is 13.1. The van der Waals surface area contributed by atoms with E-state index in [2.05, 4.69) is 11.4 Å². The molecular weight excluding hydrogens is 274 g/mol. The second-order valence-electron chi connectivity index (χ2n) is 5.79. The minimum absolute atomic E-state index is 0.271. The highest BCUT2D eigenvalue weighted by Crippen LogP contribution is 2.32. The topological polar surface area (TPSA) is 42.2 Å². The molecule has 4 rings (SSSR count). The molecule has 0 fully saturated rings. The highest BCUT2D eigenvalue weighted by atomic mass is 16.4. The fraction of sp³-hybridized carbons (Fsp3) is 0.211. The van der Waals surface area contributed by atoms with Crippen LogP contribution in [0.15, 0.2) is 51.7 Å². The summed E-state index contributed by atoms with van der Waals surface area (Å²) in [7, 11) is 0. The minimum atomic E-state index is -0.271. The van der Waals surface area contributed by atoms with E-state index >= 15 is 0 Å². The number of fused-ring (bicyclic) bond motifs is 2. The summed E-state index contributed by atoms with van der Waals surface area (Å²) in [4.78, 5) is 12.4. The van der Waals surface area contributed by atoms with Gasteiger partial charge in [0.1, 0.15) is 5.58 Å². The SMILES string of the molecule is Cc1c(-c2ccccc2)c(=O)oc2cc3c(cc12)CCCN3. The molecule has 3 nitrogen and oxygen atoms in total. The maximum atomic E-state index is 12.4. The lowest BCUT2D eigenvalue weighted by atomic mass is 9.96. The van der Waals surface area contributed by atoms with Crippen molar-refractivity contribution in [2.24, 2.45) is 0 Å². The number of benzene rings is 2. The van der Waals surface area contributed by atoms with Gasteiger partial charge in [-0.1, -0.05) is 30.3 Å². The summed E-state index contributed by atoms with van der Waals surface area (Å²) in [6, 6.07) is 13.9. The van der Waals surface area contributed by atoms with Crippen LogP contribution in [0.4, 0.5) is 5.69 Å². The van der Waals surface area contributed by atoms with E-state index in [-0.39, 0.29) is 5.63 Å². The Balaban J connectivity index is 2.02. The minimum Gasteiger partial charge on any atom is -0.422 e. The Morgan fingerprint density at radius 1 is 1.14 bits per heavy atom. The van der Waals surface area contributed by atoms with Crippen LogP contribution >= 0.6 is 0 Å². The molecule has 0 spiro atoms. The Morgan fingerprint density at radius 2 is 1.95 bits per heavy atom. The zero-order valence-corrected chi connectivity index (χ0v) is 12.5. The molecule has 0 saturated carbocycles. The van der Waals surface area contributed by atoms with Gasteiger partial charge in [0.15, 0.2) is 0 Å². The molecule has 0 aliphatic carbocycles. The molecule has 2 aromatic carbocycles. The molecule has 0 saturated heterocycles. The van der Waals surface area contributed by atoms with Gasteiger partial charge in [0.25, 0.3) is 0 Å². The van der Waals surface area contributed by atoms with Gasteiger partial charge in [0.2, 0.25) is 0 Å². The number of anilines is 1. The van der Waals surface area contributed by atoms with Crippen molar-refractivity contribution in [3.8, 4) is 11.1 Å². The summed E-state index contributed by atoms with van der Waals surface area (Å²) in [5, 5.41) is 4.41. The van der Waals surface area contributed by atoms with Crippen LogP contribution < -0.4 is 10.9 Å². The van der Waals surface area contributed by atoms with E-state index in [0.717, 1.165) is 41.6 Å². The maximum Gasteiger partial charge on any atom is 0.344 e. The van der Waals surface area contributed by atoms with Gasteiger partial charge >= 0.3 is 5.63 Å². The van der Waals surface area contributed by atoms with E-state index in [1.165, 1.54) is 5.56 Å². The molecule has 0 bridgehead atoms. The Hall–Kier alpha value is -2.55. The van der Waals surface area contributed by atoms with E-state index in [0.29, 0.717) is 11.1 Å². The van der Waals surface area contributed by atoms with Crippen LogP contribution in [-0.2, 0) is 6.42 Å². The Labute approximate surface area is 128 Å². The van der Waals surface area contributed by atoms with Crippen LogP contribution in [-0.4, -0.2) is 6.54 Å². The smallest absolute Gasteiger partial charge is 0.344 e. The Kier molecular flexibility index (Phi) is 3.00. The number of hydrogen-bond donors (Lipinski definition) is 1. The van der Waals surface area contributed by atoms with Gasteiger partial charge in [0, 0.05) is 23.7 Å². The van der Waals surface area contributed by atoms with Gasteiger partial charge < -0.3 is 9.73 Å². The quantitative estimate of drug-likeness (QED) is 0.686. The van der Waals surface area contributed by atoms with Crippen LogP contribution in [0.25, 0.3) is 22.1 Å². The Morgan fingerprint density at radius 3 is 2.77 bits per heavy atom. The van der Waals surface area contributed by atoms with Crippen molar-refractivity contribution in [1.29, 1.82) is 0 Å². The van der Waals surface area contributed by atoms with Gasteiger partial charge in [-0.3, -0.25) is 0 Å². The van der Waals surface area contributed by atoms with Gasteiger partial charge in [-0.2, -0.15) is 0 Å². The first-order valence-electron chi connectivity index (χ1n) is 7.63. The molecule has 1 aromatic heterocycles. The predicted molar refractivity (Wildman–Crippen MR) is 89.5 cm³/mol. The fourth-order valence-corrected chi connectivity index (χ4v) is 3.25. The lowest BCUT2D eigenvalue weighted by Crippen LogP contribution is -2.12. The number of hydrogen-bond acceptors (Lipinski definition) is 3. The lowest BCUT2D eigenvalue weighted by molar-refractivity contribution is 0.562. The van der Waals surface area contributed by atoms with E-state index in [9.17, 15) is 4.79 Å². The molecular formula is C19H17NO2. The summed E-state index contributed by atoms with van der Waals surface area (Å²) in [5.74, 6) is 0. The molecule has 3 aromatic rings. The molecule has 1 aliphatic heterocycles. The summed E-state index contributed by atoms with van der Waals surface area (Å²) in [6.45, 7) is 2.98. The van der Waals surface area contributed by atoms with Crippen LogP contribution in [0, 0.1) is 6.92 Å². The van der Waals surface area contributed by atoms with Crippen LogP contribution in [0.1, 0.15) is 17.5 Å². The second-order valence-corrected chi connectivity index (χ2v) is 5.79. The molecule has 0 atom stereocenters. The summed E-state index contributed by atoms with van der Waals surface area (Å²) >= 11 is 0. The summed E-state index contributed by atoms with van der Waals surface area (Å²) < 4.78 is 5.60. The summed E-state index contributed by atoms with van der Waals surface area (Å²) in [5.41, 5.74) is 5.35. The molecule has 1 aliphatic rings. The molecule has 0 radical (unpaired) electrons. The number of rotatable bonds is 1. The van der Waals surface area contributed by atoms with Gasteiger partial charge in [-0.15, -0.1) is 0 Å². The van der Waals surface area contributed by atoms with Crippen LogP contribution in [0.2, 0.25) is 0 Å². The third kappa shape index (κ3) is 2.01. The third-order valence-corrected chi connectivity index (χ3v) is 4.39. The average Bonchev–Trinajstić information content (AvgIpc) is 2.54. The molecule has 3 heteroatoms. The van der Waals surface area contributed by atoms with Crippen molar-refractivity contribution in [3.63, 3.8) is 0 Å². The fourth-order valence-electron chi connectivity index (χ4n) is 3.25. The molecule has 0 unspecified atom stereocenters. The average molecular weight is 291 g/mol. The standard InChI is InChI=1S/C19H17NO2/c1-12-15-10-14-8-5-9-20-16(14)11-17(15)22-19(21)18(12)13-6-3-2-4-7-13/h2-4,6-7,10-11,20H,5,8-9H2,1H3. The Bertz CT molecular complexity index is 910. The van der Waals surface area contributed by atoms with Crippen LogP contribution in [0.5, 0.6) is 0 Å². The molecule has 2 heterocycles. The number of nitrogens with one attached hydrogen (secondary N) is 1. The molecule has 22 heavy (non-hydrogen) atoms. The van der Waals surface area contributed by atoms with E-state index in [1.807, 2.05) is 43.3 Å². The van der Waals surface area contributed by atoms with Crippen molar-refractivity contribution < 1.29 is 4.42 Å². The monoisotopic (exact) mass is 291 g/mol.